The Kier molecular flexibility index (Phi) is 5.62. The van der Waals surface area contributed by atoms with Gasteiger partial charge in [0.05, 0.1) is 0 Å². The van der Waals surface area contributed by atoms with Crippen molar-refractivity contribution in [2.75, 3.05) is 0 Å². The molecule has 62 valence electrons. The Bertz CT molecular complexity index is 192. The van der Waals surface area contributed by atoms with Gasteiger partial charge in [-0.05, 0) is 17.9 Å². The molecule has 0 radical (unpaired) electrons. The maximum Gasteiger partial charge on any atom is 0.239 e. The van der Waals surface area contributed by atoms with Gasteiger partial charge in [0.15, 0.2) is 0 Å². The molecule has 1 rings (SSSR count). The average molecular weight is 210 g/mol. The summed E-state index contributed by atoms with van der Waals surface area (Å²) in [4.78, 5) is 23.1. The summed E-state index contributed by atoms with van der Waals surface area (Å²) in [5.41, 5.74) is -3.11. The molecule has 0 unspecified atom stereocenters. The van der Waals surface area contributed by atoms with Gasteiger partial charge in [0.25, 0.3) is 0 Å². The molecule has 0 saturated carbocycles. The van der Waals surface area contributed by atoms with E-state index in [2.05, 4.69) is 34.0 Å². The predicted molar refractivity (Wildman–Crippen MR) is 49.7 cm³/mol. The van der Waals surface area contributed by atoms with Crippen molar-refractivity contribution in [3.8, 4) is 0 Å². The van der Waals surface area contributed by atoms with Crippen LogP contribution < -0.4 is 0 Å². The van der Waals surface area contributed by atoms with Crippen LogP contribution in [-0.2, 0) is 11.8 Å². The standard InChI is InChI=1S/C4H4N2.H3O2PS2/c1-2-5-4-6-3-1;1-3(2,4)5/h1-4H;(H3,1,2,4,5). The van der Waals surface area contributed by atoms with Gasteiger partial charge >= 0.3 is 0 Å². The van der Waals surface area contributed by atoms with E-state index in [-0.39, 0.29) is 0 Å². The van der Waals surface area contributed by atoms with Gasteiger partial charge in [0.2, 0.25) is 5.69 Å². The van der Waals surface area contributed by atoms with Crippen LogP contribution >= 0.6 is 17.9 Å². The quantitative estimate of drug-likeness (QED) is 0.432. The molecule has 0 fully saturated rings. The Morgan fingerprint density at radius 2 is 1.64 bits per heavy atom. The van der Waals surface area contributed by atoms with Crippen LogP contribution in [0.5, 0.6) is 0 Å². The molecule has 2 N–H and O–H groups in total. The zero-order chi connectivity index (χ0) is 8.74. The molecule has 1 aromatic heterocycles. The summed E-state index contributed by atoms with van der Waals surface area (Å²) in [5.74, 6) is 0. The van der Waals surface area contributed by atoms with Crippen molar-refractivity contribution in [2.45, 2.75) is 0 Å². The van der Waals surface area contributed by atoms with Gasteiger partial charge in [-0.3, -0.25) is 0 Å². The predicted octanol–water partition coefficient (Wildman–Crippen LogP) is 0.602. The van der Waals surface area contributed by atoms with Gasteiger partial charge < -0.3 is 9.79 Å². The Morgan fingerprint density at radius 3 is 1.73 bits per heavy atom. The summed E-state index contributed by atoms with van der Waals surface area (Å²) in [6.45, 7) is 0. The molecule has 1 heterocycles. The van der Waals surface area contributed by atoms with E-state index in [4.69, 9.17) is 9.79 Å². The summed E-state index contributed by atoms with van der Waals surface area (Å²) in [6.07, 6.45) is 4.88. The van der Waals surface area contributed by atoms with Crippen LogP contribution in [0.15, 0.2) is 24.8 Å². The van der Waals surface area contributed by atoms with Crippen molar-refractivity contribution in [1.29, 1.82) is 0 Å². The van der Waals surface area contributed by atoms with E-state index < -0.39 is 5.69 Å². The molecule has 11 heavy (non-hydrogen) atoms. The molecule has 4 nitrogen and oxygen atoms in total. The molecule has 7 heteroatoms. The third-order valence-corrected chi connectivity index (χ3v) is 0.478. The lowest BCUT2D eigenvalue weighted by atomic mass is 10.7. The number of hydrogen-bond donors (Lipinski definition) is 3. The molecule has 0 spiro atoms. The maximum atomic E-state index is 7.87. The summed E-state index contributed by atoms with van der Waals surface area (Å²) < 4.78 is 0. The average Bonchev–Trinajstić information content (AvgIpc) is 1.88. The smallest absolute Gasteiger partial charge is 0.239 e. The molecular formula is C4H7N2O2PS2. The number of rotatable bonds is 0. The molecule has 0 aliphatic carbocycles. The molecule has 0 saturated heterocycles. The first-order chi connectivity index (χ1) is 5.00. The minimum absolute atomic E-state index is 1.50. The van der Waals surface area contributed by atoms with Crippen LogP contribution in [0.3, 0.4) is 0 Å². The van der Waals surface area contributed by atoms with Gasteiger partial charge in [-0.25, -0.2) is 9.97 Å². The fourth-order valence-electron chi connectivity index (χ4n) is 0.253. The lowest BCUT2D eigenvalue weighted by molar-refractivity contribution is 0.503. The lowest BCUT2D eigenvalue weighted by Crippen LogP contribution is -1.66. The van der Waals surface area contributed by atoms with E-state index in [1.165, 1.54) is 6.33 Å². The molecule has 0 aromatic carbocycles. The van der Waals surface area contributed by atoms with E-state index in [9.17, 15) is 0 Å². The van der Waals surface area contributed by atoms with Crippen LogP contribution in [0, 0.1) is 0 Å². The molecule has 0 bridgehead atoms. The second kappa shape index (κ2) is 5.62. The summed E-state index contributed by atoms with van der Waals surface area (Å²) in [6, 6.07) is 1.78. The van der Waals surface area contributed by atoms with Crippen LogP contribution in [0.2, 0.25) is 0 Å². The highest BCUT2D eigenvalue weighted by Gasteiger charge is 1.90. The third-order valence-electron chi connectivity index (χ3n) is 0.478. The number of thiol groups is 1. The van der Waals surface area contributed by atoms with Gasteiger partial charge in [-0.15, -0.1) is 0 Å². The second-order valence-electron chi connectivity index (χ2n) is 1.42. The van der Waals surface area contributed by atoms with E-state index >= 15 is 0 Å². The van der Waals surface area contributed by atoms with E-state index in [1.807, 2.05) is 0 Å². The minimum Gasteiger partial charge on any atom is -0.338 e. The third kappa shape index (κ3) is 17.8. The lowest BCUT2D eigenvalue weighted by Gasteiger charge is -1.88. The monoisotopic (exact) mass is 210 g/mol. The normalized spacial score (nSPS) is 9.73. The van der Waals surface area contributed by atoms with Crippen LogP contribution in [0.1, 0.15) is 0 Å². The Hall–Kier alpha value is 0. The van der Waals surface area contributed by atoms with E-state index in [0.717, 1.165) is 0 Å². The minimum atomic E-state index is -3.11. The molecule has 0 aliphatic rings. The first-order valence-electron chi connectivity index (χ1n) is 2.48. The highest BCUT2D eigenvalue weighted by atomic mass is 32.9. The highest BCUT2D eigenvalue weighted by Crippen LogP contribution is 2.39. The van der Waals surface area contributed by atoms with Crippen LogP contribution in [0.4, 0.5) is 0 Å². The number of nitrogens with zero attached hydrogens (tertiary/aromatic N) is 2. The summed E-state index contributed by atoms with van der Waals surface area (Å²) in [5, 5.41) is 0. The van der Waals surface area contributed by atoms with Gasteiger partial charge in [0, 0.05) is 12.4 Å². The van der Waals surface area contributed by atoms with Gasteiger partial charge in [-0.1, -0.05) is 12.2 Å². The fourth-order valence-corrected chi connectivity index (χ4v) is 0.253. The first-order valence-corrected chi connectivity index (χ1v) is 6.34. The molecule has 1 aromatic rings. The molecular weight excluding hydrogens is 203 g/mol. The van der Waals surface area contributed by atoms with Crippen molar-refractivity contribution < 1.29 is 9.79 Å². The van der Waals surface area contributed by atoms with Gasteiger partial charge in [0.1, 0.15) is 6.33 Å². The molecule has 0 aliphatic heterocycles. The topological polar surface area (TPSA) is 66.2 Å². The van der Waals surface area contributed by atoms with E-state index in [0.29, 0.717) is 0 Å². The van der Waals surface area contributed by atoms with Crippen molar-refractivity contribution in [1.82, 2.24) is 9.97 Å². The Labute approximate surface area is 74.7 Å². The van der Waals surface area contributed by atoms with Crippen molar-refractivity contribution in [2.24, 2.45) is 0 Å². The van der Waals surface area contributed by atoms with Crippen molar-refractivity contribution in [3.05, 3.63) is 24.8 Å². The first kappa shape index (κ1) is 11.0. The van der Waals surface area contributed by atoms with Gasteiger partial charge in [-0.2, -0.15) is 0 Å². The van der Waals surface area contributed by atoms with Crippen molar-refractivity contribution >= 4 is 29.7 Å². The zero-order valence-corrected chi connectivity index (χ0v) is 8.01. The summed E-state index contributed by atoms with van der Waals surface area (Å²) >= 11 is 7.07. The molecule has 0 atom stereocenters. The van der Waals surface area contributed by atoms with Crippen LogP contribution in [0.25, 0.3) is 0 Å². The van der Waals surface area contributed by atoms with E-state index in [1.54, 1.807) is 18.5 Å². The number of hydrogen-bond acceptors (Lipinski definition) is 3. The largest absolute Gasteiger partial charge is 0.338 e. The van der Waals surface area contributed by atoms with Crippen LogP contribution in [-0.4, -0.2) is 19.8 Å². The fraction of sp³-hybridized carbons (Fsp3) is 0. The zero-order valence-electron chi connectivity index (χ0n) is 5.40. The Morgan fingerprint density at radius 1 is 1.27 bits per heavy atom. The maximum absolute atomic E-state index is 7.87. The highest BCUT2D eigenvalue weighted by molar-refractivity contribution is 8.59. The molecule has 0 amide bonds. The number of aromatic nitrogens is 2. The second-order valence-corrected chi connectivity index (χ2v) is 6.46. The SMILES string of the molecule is OP(O)(=S)S.c1cncnc1. The Balaban J connectivity index is 0.000000187. The van der Waals surface area contributed by atoms with Crippen molar-refractivity contribution in [3.63, 3.8) is 0 Å². The summed E-state index contributed by atoms with van der Waals surface area (Å²) in [7, 11) is 0.